The van der Waals surface area contributed by atoms with Gasteiger partial charge in [0, 0.05) is 22.8 Å². The highest BCUT2D eigenvalue weighted by Crippen LogP contribution is 2.31. The molecular weight excluding hydrogens is 352 g/mol. The summed E-state index contributed by atoms with van der Waals surface area (Å²) in [5, 5.41) is 6.47. The molecule has 4 rings (SSSR count). The van der Waals surface area contributed by atoms with E-state index in [0.29, 0.717) is 5.69 Å². The van der Waals surface area contributed by atoms with Crippen LogP contribution < -0.4 is 5.32 Å². The Labute approximate surface area is 152 Å². The number of nitrogens with one attached hydrogen (secondary N) is 1. The van der Waals surface area contributed by atoms with E-state index >= 15 is 0 Å². The number of amides is 1. The van der Waals surface area contributed by atoms with Gasteiger partial charge < -0.3 is 5.32 Å². The zero-order chi connectivity index (χ0) is 17.4. The van der Waals surface area contributed by atoms with Crippen LogP contribution in [0.25, 0.3) is 20.9 Å². The minimum Gasteiger partial charge on any atom is -0.320 e. The number of benzene rings is 1. The summed E-state index contributed by atoms with van der Waals surface area (Å²) in [5.74, 6) is -0.199. The molecule has 0 saturated carbocycles. The van der Waals surface area contributed by atoms with Gasteiger partial charge in [-0.15, -0.1) is 11.3 Å². The topological polar surface area (TPSA) is 67.8 Å². The van der Waals surface area contributed by atoms with Crippen molar-refractivity contribution < 1.29 is 4.79 Å². The van der Waals surface area contributed by atoms with Crippen LogP contribution in [0, 0.1) is 13.8 Å². The van der Waals surface area contributed by atoms with E-state index in [4.69, 9.17) is 0 Å². The molecule has 5 nitrogen and oxygen atoms in total. The summed E-state index contributed by atoms with van der Waals surface area (Å²) in [6.45, 7) is 3.85. The minimum atomic E-state index is -0.199. The van der Waals surface area contributed by atoms with E-state index in [-0.39, 0.29) is 5.91 Å². The number of pyridine rings is 1. The van der Waals surface area contributed by atoms with Crippen LogP contribution >= 0.6 is 22.7 Å². The van der Waals surface area contributed by atoms with Gasteiger partial charge >= 0.3 is 0 Å². The highest BCUT2D eigenvalue weighted by molar-refractivity contribution is 7.21. The number of hydrogen-bond donors (Lipinski definition) is 1. The number of fused-ring (bicyclic) bond motifs is 1. The van der Waals surface area contributed by atoms with Crippen LogP contribution in [0.15, 0.2) is 41.9 Å². The molecule has 0 atom stereocenters. The van der Waals surface area contributed by atoms with Crippen LogP contribution in [0.5, 0.6) is 0 Å². The van der Waals surface area contributed by atoms with Gasteiger partial charge in [0.05, 0.1) is 5.01 Å². The van der Waals surface area contributed by atoms with Gasteiger partial charge in [0.15, 0.2) is 0 Å². The molecule has 1 amide bonds. The van der Waals surface area contributed by atoms with Crippen LogP contribution in [-0.2, 0) is 0 Å². The van der Waals surface area contributed by atoms with Gasteiger partial charge in [-0.3, -0.25) is 4.79 Å². The van der Waals surface area contributed by atoms with Gasteiger partial charge in [0.1, 0.15) is 21.0 Å². The molecule has 0 spiro atoms. The van der Waals surface area contributed by atoms with Gasteiger partial charge in [0.25, 0.3) is 5.91 Å². The first-order valence-corrected chi connectivity index (χ1v) is 9.36. The lowest BCUT2D eigenvalue weighted by molar-refractivity contribution is 0.102. The van der Waals surface area contributed by atoms with Crippen molar-refractivity contribution in [3.05, 3.63) is 58.2 Å². The van der Waals surface area contributed by atoms with E-state index in [1.807, 2.05) is 44.2 Å². The number of rotatable bonds is 3. The Morgan fingerprint density at radius 3 is 2.80 bits per heavy atom. The maximum absolute atomic E-state index is 12.4. The summed E-state index contributed by atoms with van der Waals surface area (Å²) < 4.78 is 0. The van der Waals surface area contributed by atoms with E-state index in [1.165, 1.54) is 22.7 Å². The average molecular weight is 366 g/mol. The Hall–Kier alpha value is -2.64. The summed E-state index contributed by atoms with van der Waals surface area (Å²) in [6, 6.07) is 9.77. The average Bonchev–Trinajstić information content (AvgIpc) is 3.23. The van der Waals surface area contributed by atoms with E-state index in [9.17, 15) is 4.79 Å². The molecule has 3 aromatic heterocycles. The molecule has 0 aliphatic heterocycles. The van der Waals surface area contributed by atoms with E-state index in [1.54, 1.807) is 11.6 Å². The molecule has 0 unspecified atom stereocenters. The number of anilines is 1. The molecule has 25 heavy (non-hydrogen) atoms. The van der Waals surface area contributed by atoms with Crippen LogP contribution in [0.3, 0.4) is 0 Å². The van der Waals surface area contributed by atoms with Crippen molar-refractivity contribution in [2.24, 2.45) is 0 Å². The molecular formula is C18H14N4OS2. The first-order valence-electron chi connectivity index (χ1n) is 7.66. The zero-order valence-corrected chi connectivity index (χ0v) is 15.2. The maximum Gasteiger partial charge on any atom is 0.275 e. The molecule has 0 saturated heterocycles. The third-order valence-electron chi connectivity index (χ3n) is 3.75. The lowest BCUT2D eigenvalue weighted by Gasteiger charge is -2.08. The summed E-state index contributed by atoms with van der Waals surface area (Å²) in [6.07, 6.45) is 1.76. The highest BCUT2D eigenvalue weighted by Gasteiger charge is 2.13. The smallest absolute Gasteiger partial charge is 0.275 e. The van der Waals surface area contributed by atoms with E-state index < -0.39 is 0 Å². The van der Waals surface area contributed by atoms with E-state index in [0.717, 1.165) is 37.2 Å². The standard InChI is InChI=1S/C18H14N4OS2/c1-10-5-6-12(17-22-13-4-3-7-19-18(13)25-17)8-14(10)21-16(23)15-9-24-11(2)20-15/h3-9H,1-2H3,(H,21,23). The number of aromatic nitrogens is 3. The Morgan fingerprint density at radius 1 is 1.16 bits per heavy atom. The summed E-state index contributed by atoms with van der Waals surface area (Å²) >= 11 is 3.00. The molecule has 0 bridgehead atoms. The molecule has 124 valence electrons. The SMILES string of the molecule is Cc1nc(C(=O)Nc2cc(-c3nc4cccnc4s3)ccc2C)cs1. The predicted molar refractivity (Wildman–Crippen MR) is 102 cm³/mol. The number of thiazole rings is 2. The normalized spacial score (nSPS) is 11.0. The largest absolute Gasteiger partial charge is 0.320 e. The Balaban J connectivity index is 1.67. The zero-order valence-electron chi connectivity index (χ0n) is 13.6. The van der Waals surface area contributed by atoms with Gasteiger partial charge in [-0.1, -0.05) is 23.5 Å². The molecule has 0 radical (unpaired) electrons. The molecule has 3 heterocycles. The lowest BCUT2D eigenvalue weighted by Crippen LogP contribution is -2.13. The first-order chi connectivity index (χ1) is 12.1. The molecule has 1 aromatic carbocycles. The van der Waals surface area contributed by atoms with Crippen LogP contribution in [0.1, 0.15) is 21.1 Å². The van der Waals surface area contributed by atoms with Crippen LogP contribution in [0.4, 0.5) is 5.69 Å². The van der Waals surface area contributed by atoms with Crippen molar-refractivity contribution in [1.82, 2.24) is 15.0 Å². The molecule has 7 heteroatoms. The van der Waals surface area contributed by atoms with Gasteiger partial charge in [-0.25, -0.2) is 15.0 Å². The molecule has 0 aliphatic rings. The highest BCUT2D eigenvalue weighted by atomic mass is 32.1. The predicted octanol–water partition coefficient (Wildman–Crippen LogP) is 4.68. The summed E-state index contributed by atoms with van der Waals surface area (Å²) in [5.41, 5.74) is 4.03. The second kappa shape index (κ2) is 6.34. The monoisotopic (exact) mass is 366 g/mol. The molecule has 0 aliphatic carbocycles. The third-order valence-corrected chi connectivity index (χ3v) is 5.55. The lowest BCUT2D eigenvalue weighted by atomic mass is 10.1. The fourth-order valence-electron chi connectivity index (χ4n) is 2.44. The van der Waals surface area contributed by atoms with Crippen molar-refractivity contribution in [2.75, 3.05) is 5.32 Å². The fourth-order valence-corrected chi connectivity index (χ4v) is 3.93. The molecule has 0 fully saturated rings. The number of aryl methyl sites for hydroxylation is 2. The number of hydrogen-bond acceptors (Lipinski definition) is 6. The van der Waals surface area contributed by atoms with Gasteiger partial charge in [0.2, 0.25) is 0 Å². The Morgan fingerprint density at radius 2 is 2.04 bits per heavy atom. The Bertz CT molecular complexity index is 1050. The minimum absolute atomic E-state index is 0.199. The van der Waals surface area contributed by atoms with Crippen LogP contribution in [-0.4, -0.2) is 20.9 Å². The number of carbonyl (C=O) groups excluding carboxylic acids is 1. The second-order valence-electron chi connectivity index (χ2n) is 5.58. The van der Waals surface area contributed by atoms with Gasteiger partial charge in [-0.2, -0.15) is 0 Å². The van der Waals surface area contributed by atoms with Crippen molar-refractivity contribution in [3.8, 4) is 10.6 Å². The quantitative estimate of drug-likeness (QED) is 0.571. The Kier molecular flexibility index (Phi) is 4.03. The maximum atomic E-state index is 12.4. The van der Waals surface area contributed by atoms with Crippen molar-refractivity contribution >= 4 is 44.6 Å². The van der Waals surface area contributed by atoms with Crippen LogP contribution in [0.2, 0.25) is 0 Å². The first kappa shape index (κ1) is 15.9. The molecule has 1 N–H and O–H groups in total. The van der Waals surface area contributed by atoms with Crippen molar-refractivity contribution in [2.45, 2.75) is 13.8 Å². The van der Waals surface area contributed by atoms with Gasteiger partial charge in [-0.05, 0) is 37.6 Å². The third kappa shape index (κ3) is 3.16. The fraction of sp³-hybridized carbons (Fsp3) is 0.111. The second-order valence-corrected chi connectivity index (χ2v) is 7.62. The molecule has 4 aromatic rings. The number of carbonyl (C=O) groups is 1. The van der Waals surface area contributed by atoms with Crippen molar-refractivity contribution in [3.63, 3.8) is 0 Å². The van der Waals surface area contributed by atoms with E-state index in [2.05, 4.69) is 20.3 Å². The summed E-state index contributed by atoms with van der Waals surface area (Å²) in [7, 11) is 0. The summed E-state index contributed by atoms with van der Waals surface area (Å²) in [4.78, 5) is 26.5. The van der Waals surface area contributed by atoms with Crippen molar-refractivity contribution in [1.29, 1.82) is 0 Å². The number of nitrogens with zero attached hydrogens (tertiary/aromatic N) is 3.